The van der Waals surface area contributed by atoms with Crippen molar-refractivity contribution in [3.8, 4) is 11.4 Å². The van der Waals surface area contributed by atoms with E-state index in [2.05, 4.69) is 40.9 Å². The molecule has 0 unspecified atom stereocenters. The molecule has 0 aliphatic rings. The minimum atomic E-state index is 0.669. The molecule has 0 atom stereocenters. The van der Waals surface area contributed by atoms with Crippen LogP contribution in [0.25, 0.3) is 11.4 Å². The van der Waals surface area contributed by atoms with Crippen molar-refractivity contribution in [1.29, 1.82) is 0 Å². The van der Waals surface area contributed by atoms with E-state index in [4.69, 9.17) is 23.2 Å². The lowest BCUT2D eigenvalue weighted by atomic mass is 10.1. The Labute approximate surface area is 166 Å². The van der Waals surface area contributed by atoms with E-state index in [0.29, 0.717) is 15.8 Å². The Bertz CT molecular complexity index is 866. The van der Waals surface area contributed by atoms with Gasteiger partial charge in [0.1, 0.15) is 0 Å². The maximum Gasteiger partial charge on any atom is 0.191 e. The molecule has 0 aliphatic heterocycles. The van der Waals surface area contributed by atoms with E-state index in [0.717, 1.165) is 29.5 Å². The fourth-order valence-electron chi connectivity index (χ4n) is 2.56. The Morgan fingerprint density at radius 3 is 2.48 bits per heavy atom. The lowest BCUT2D eigenvalue weighted by Crippen LogP contribution is -2.02. The van der Waals surface area contributed by atoms with Gasteiger partial charge in [-0.2, -0.15) is 0 Å². The lowest BCUT2D eigenvalue weighted by Gasteiger charge is -2.10. The third kappa shape index (κ3) is 3.90. The highest BCUT2D eigenvalue weighted by atomic mass is 35.5. The molecule has 132 valence electrons. The summed E-state index contributed by atoms with van der Waals surface area (Å²) in [6, 6.07) is 5.59. The van der Waals surface area contributed by atoms with Crippen LogP contribution >= 0.6 is 46.3 Å². The summed E-state index contributed by atoms with van der Waals surface area (Å²) in [5.74, 6) is 1.61. The van der Waals surface area contributed by atoms with E-state index in [1.165, 1.54) is 16.0 Å². The monoisotopic (exact) mass is 411 g/mol. The van der Waals surface area contributed by atoms with Gasteiger partial charge in [0.15, 0.2) is 11.0 Å². The van der Waals surface area contributed by atoms with Gasteiger partial charge in [-0.25, -0.2) is 0 Å². The summed E-state index contributed by atoms with van der Waals surface area (Å²) < 4.78 is 2.20. The molecule has 0 bridgehead atoms. The number of hydrogen-bond acceptors (Lipinski definition) is 4. The minimum Gasteiger partial charge on any atom is -0.302 e. The van der Waals surface area contributed by atoms with Gasteiger partial charge < -0.3 is 4.57 Å². The van der Waals surface area contributed by atoms with Gasteiger partial charge in [-0.3, -0.25) is 0 Å². The molecule has 0 saturated heterocycles. The van der Waals surface area contributed by atoms with Gasteiger partial charge >= 0.3 is 0 Å². The lowest BCUT2D eigenvalue weighted by molar-refractivity contribution is 0.626. The third-order valence-electron chi connectivity index (χ3n) is 4.10. The van der Waals surface area contributed by atoms with Crippen molar-refractivity contribution in [1.82, 2.24) is 14.8 Å². The number of aromatic nitrogens is 3. The van der Waals surface area contributed by atoms with Crippen LogP contribution in [0.15, 0.2) is 28.7 Å². The van der Waals surface area contributed by atoms with Gasteiger partial charge in [0.05, 0.1) is 0 Å². The van der Waals surface area contributed by atoms with E-state index >= 15 is 0 Å². The Hall–Kier alpha value is -1.01. The quantitative estimate of drug-likeness (QED) is 0.426. The van der Waals surface area contributed by atoms with Crippen molar-refractivity contribution in [3.05, 3.63) is 49.6 Å². The Balaban J connectivity index is 1.91. The molecule has 3 rings (SSSR count). The molecule has 25 heavy (non-hydrogen) atoms. The standard InChI is InChI=1S/C18H19Cl2N3S2/c1-4-8-23-17(13-9-24-12(3)11(13)2)21-22-18(23)25-10-14-15(19)6-5-7-16(14)20/h5-7,9H,4,8,10H2,1-3H3. The molecule has 0 aliphatic carbocycles. The second-order valence-corrected chi connectivity index (χ2v) is 8.62. The van der Waals surface area contributed by atoms with Gasteiger partial charge in [-0.1, -0.05) is 48.0 Å². The van der Waals surface area contributed by atoms with Gasteiger partial charge in [-0.05, 0) is 43.5 Å². The zero-order chi connectivity index (χ0) is 18.0. The van der Waals surface area contributed by atoms with Crippen LogP contribution < -0.4 is 0 Å². The number of hydrogen-bond donors (Lipinski definition) is 0. The highest BCUT2D eigenvalue weighted by Gasteiger charge is 2.18. The summed E-state index contributed by atoms with van der Waals surface area (Å²) in [7, 11) is 0. The van der Waals surface area contributed by atoms with E-state index in [1.54, 1.807) is 23.1 Å². The molecule has 1 aromatic carbocycles. The highest BCUT2D eigenvalue weighted by Crippen LogP contribution is 2.34. The fourth-order valence-corrected chi connectivity index (χ4v) is 5.13. The molecule has 0 spiro atoms. The minimum absolute atomic E-state index is 0.669. The first-order valence-corrected chi connectivity index (χ1v) is 10.7. The molecule has 0 N–H and O–H groups in total. The van der Waals surface area contributed by atoms with Crippen LogP contribution in [0.2, 0.25) is 10.0 Å². The summed E-state index contributed by atoms with van der Waals surface area (Å²) in [5, 5.41) is 13.3. The largest absolute Gasteiger partial charge is 0.302 e. The Morgan fingerprint density at radius 1 is 1.16 bits per heavy atom. The second-order valence-electron chi connectivity index (χ2n) is 5.78. The number of rotatable bonds is 6. The normalized spacial score (nSPS) is 11.2. The van der Waals surface area contributed by atoms with E-state index < -0.39 is 0 Å². The number of benzene rings is 1. The third-order valence-corrected chi connectivity index (χ3v) is 6.81. The summed E-state index contributed by atoms with van der Waals surface area (Å²) in [6.07, 6.45) is 1.02. The van der Waals surface area contributed by atoms with Gasteiger partial charge in [0, 0.05) is 38.2 Å². The average Bonchev–Trinajstić information content (AvgIpc) is 3.12. The fraction of sp³-hybridized carbons (Fsp3) is 0.333. The molecule has 0 saturated carbocycles. The van der Waals surface area contributed by atoms with Crippen LogP contribution in [0, 0.1) is 13.8 Å². The summed E-state index contributed by atoms with van der Waals surface area (Å²) in [6.45, 7) is 7.33. The number of halogens is 2. The number of nitrogens with zero attached hydrogens (tertiary/aromatic N) is 3. The van der Waals surface area contributed by atoms with E-state index in [9.17, 15) is 0 Å². The van der Waals surface area contributed by atoms with Crippen molar-refractivity contribution >= 4 is 46.3 Å². The van der Waals surface area contributed by atoms with E-state index in [-0.39, 0.29) is 0 Å². The SMILES string of the molecule is CCCn1c(SCc2c(Cl)cccc2Cl)nnc1-c1csc(C)c1C. The van der Waals surface area contributed by atoms with Crippen molar-refractivity contribution in [2.75, 3.05) is 0 Å². The smallest absolute Gasteiger partial charge is 0.191 e. The molecular weight excluding hydrogens is 393 g/mol. The highest BCUT2D eigenvalue weighted by molar-refractivity contribution is 7.98. The molecule has 0 amide bonds. The topological polar surface area (TPSA) is 30.7 Å². The first kappa shape index (κ1) is 18.8. The maximum absolute atomic E-state index is 6.28. The molecule has 0 fully saturated rings. The average molecular weight is 412 g/mol. The summed E-state index contributed by atoms with van der Waals surface area (Å²) in [4.78, 5) is 1.32. The summed E-state index contributed by atoms with van der Waals surface area (Å²) >= 11 is 15.9. The van der Waals surface area contributed by atoms with Crippen LogP contribution in [0.4, 0.5) is 0 Å². The molecular formula is C18H19Cl2N3S2. The molecule has 3 aromatic rings. The summed E-state index contributed by atoms with van der Waals surface area (Å²) in [5.41, 5.74) is 3.39. The molecule has 2 aromatic heterocycles. The van der Waals surface area contributed by atoms with Crippen molar-refractivity contribution in [3.63, 3.8) is 0 Å². The van der Waals surface area contributed by atoms with Gasteiger partial charge in [0.2, 0.25) is 0 Å². The van der Waals surface area contributed by atoms with Crippen molar-refractivity contribution < 1.29 is 0 Å². The Morgan fingerprint density at radius 2 is 1.88 bits per heavy atom. The predicted molar refractivity (Wildman–Crippen MR) is 109 cm³/mol. The molecule has 7 heteroatoms. The van der Waals surface area contributed by atoms with Crippen molar-refractivity contribution in [2.45, 2.75) is 44.6 Å². The first-order chi connectivity index (χ1) is 12.0. The Kier molecular flexibility index (Phi) is 6.10. The van der Waals surface area contributed by atoms with Crippen molar-refractivity contribution in [2.24, 2.45) is 0 Å². The maximum atomic E-state index is 6.28. The zero-order valence-corrected chi connectivity index (χ0v) is 17.5. The first-order valence-electron chi connectivity index (χ1n) is 8.06. The van der Waals surface area contributed by atoms with E-state index in [1.807, 2.05) is 18.2 Å². The second kappa shape index (κ2) is 8.12. The van der Waals surface area contributed by atoms with Crippen LogP contribution in [0.3, 0.4) is 0 Å². The van der Waals surface area contributed by atoms with Crippen LogP contribution in [-0.4, -0.2) is 14.8 Å². The number of aryl methyl sites for hydroxylation is 1. The molecule has 3 nitrogen and oxygen atoms in total. The number of thioether (sulfide) groups is 1. The van der Waals surface area contributed by atoms with Crippen LogP contribution in [0.1, 0.15) is 29.3 Å². The molecule has 0 radical (unpaired) electrons. The van der Waals surface area contributed by atoms with Crippen LogP contribution in [-0.2, 0) is 12.3 Å². The number of thiophene rings is 1. The van der Waals surface area contributed by atoms with Gasteiger partial charge in [-0.15, -0.1) is 21.5 Å². The molecule has 2 heterocycles. The predicted octanol–water partition coefficient (Wildman–Crippen LogP) is 6.63. The zero-order valence-electron chi connectivity index (χ0n) is 14.3. The van der Waals surface area contributed by atoms with Gasteiger partial charge in [0.25, 0.3) is 0 Å². The van der Waals surface area contributed by atoms with Crippen LogP contribution in [0.5, 0.6) is 0 Å².